The highest BCUT2D eigenvalue weighted by molar-refractivity contribution is 8.13. The van der Waals surface area contributed by atoms with Gasteiger partial charge in [-0.3, -0.25) is 0 Å². The molecule has 0 N–H and O–H groups in total. The van der Waals surface area contributed by atoms with E-state index in [0.29, 0.717) is 0 Å². The van der Waals surface area contributed by atoms with Gasteiger partial charge in [0.25, 0.3) is 9.05 Å². The van der Waals surface area contributed by atoms with Crippen LogP contribution >= 0.6 is 22.3 Å². The van der Waals surface area contributed by atoms with Crippen LogP contribution in [0, 0.1) is 6.92 Å². The summed E-state index contributed by atoms with van der Waals surface area (Å²) in [6.07, 6.45) is 0. The molecule has 0 aliphatic heterocycles. The van der Waals surface area contributed by atoms with Crippen molar-refractivity contribution in [2.24, 2.45) is 0 Å². The van der Waals surface area contributed by atoms with E-state index >= 15 is 0 Å². The fraction of sp³-hybridized carbons (Fsp3) is 0.333. The Morgan fingerprint density at radius 3 is 2.59 bits per heavy atom. The first-order valence-corrected chi connectivity index (χ1v) is 7.25. The number of carbonyl (C=O) groups excluding carboxylic acids is 1. The third-order valence-electron chi connectivity index (χ3n) is 1.89. The van der Waals surface area contributed by atoms with E-state index in [4.69, 9.17) is 27.0 Å². The monoisotopic (exact) mass is 297 g/mol. The van der Waals surface area contributed by atoms with Crippen molar-refractivity contribution in [2.75, 3.05) is 6.61 Å². The molecule has 94 valence electrons. The molecule has 5 nitrogen and oxygen atoms in total. The lowest BCUT2D eigenvalue weighted by molar-refractivity contribution is 0.0524. The second-order valence-corrected chi connectivity index (χ2v) is 5.96. The molecule has 0 amide bonds. The van der Waals surface area contributed by atoms with Gasteiger partial charge in [-0.2, -0.15) is 0 Å². The summed E-state index contributed by atoms with van der Waals surface area (Å²) in [6, 6.07) is 1.06. The number of pyridine rings is 1. The third-order valence-corrected chi connectivity index (χ3v) is 3.63. The molecule has 1 rings (SSSR count). The molecular weight excluding hydrogens is 289 g/mol. The smallest absolute Gasteiger partial charge is 0.340 e. The molecule has 0 atom stereocenters. The van der Waals surface area contributed by atoms with Crippen molar-refractivity contribution in [1.29, 1.82) is 0 Å². The molecule has 0 aliphatic rings. The van der Waals surface area contributed by atoms with E-state index in [9.17, 15) is 13.2 Å². The van der Waals surface area contributed by atoms with Crippen molar-refractivity contribution in [1.82, 2.24) is 4.98 Å². The first-order valence-electron chi connectivity index (χ1n) is 4.56. The van der Waals surface area contributed by atoms with Crippen LogP contribution in [0.2, 0.25) is 5.15 Å². The van der Waals surface area contributed by atoms with E-state index < -0.39 is 19.9 Å². The molecule has 0 radical (unpaired) electrons. The van der Waals surface area contributed by atoms with Crippen molar-refractivity contribution in [3.05, 3.63) is 22.5 Å². The summed E-state index contributed by atoms with van der Waals surface area (Å²) in [5, 5.41) is -0.273. The molecular formula is C9H9Cl2NO4S. The zero-order valence-corrected chi connectivity index (χ0v) is 11.4. The number of nitrogens with zero attached hydrogens (tertiary/aromatic N) is 1. The topological polar surface area (TPSA) is 73.3 Å². The minimum Gasteiger partial charge on any atom is -0.462 e. The molecule has 1 aromatic rings. The fourth-order valence-corrected chi connectivity index (χ4v) is 2.61. The van der Waals surface area contributed by atoms with Gasteiger partial charge in [0.15, 0.2) is 0 Å². The highest BCUT2D eigenvalue weighted by Crippen LogP contribution is 2.25. The first-order chi connectivity index (χ1) is 7.77. The summed E-state index contributed by atoms with van der Waals surface area (Å²) in [6.45, 7) is 3.32. The normalized spacial score (nSPS) is 11.3. The number of hydrogen-bond acceptors (Lipinski definition) is 5. The number of hydrogen-bond donors (Lipinski definition) is 0. The van der Waals surface area contributed by atoms with Crippen LogP contribution in [0.25, 0.3) is 0 Å². The Hall–Kier alpha value is -0.850. The Morgan fingerprint density at radius 1 is 1.53 bits per heavy atom. The van der Waals surface area contributed by atoms with Gasteiger partial charge in [0, 0.05) is 10.7 Å². The summed E-state index contributed by atoms with van der Waals surface area (Å²) in [5.41, 5.74) is 0.299. The molecule has 8 heteroatoms. The highest BCUT2D eigenvalue weighted by Gasteiger charge is 2.21. The van der Waals surface area contributed by atoms with Crippen LogP contribution in [-0.2, 0) is 13.8 Å². The Labute approximate surface area is 108 Å². The van der Waals surface area contributed by atoms with Gasteiger partial charge in [0.2, 0.25) is 0 Å². The summed E-state index contributed by atoms with van der Waals surface area (Å²) in [5.74, 6) is -0.671. The number of esters is 1. The van der Waals surface area contributed by atoms with Crippen LogP contribution in [0.3, 0.4) is 0 Å². The Kier molecular flexibility index (Phi) is 4.35. The van der Waals surface area contributed by atoms with E-state index in [-0.39, 0.29) is 23.0 Å². The van der Waals surface area contributed by atoms with Crippen molar-refractivity contribution in [2.45, 2.75) is 18.7 Å². The number of aromatic nitrogens is 1. The number of ether oxygens (including phenoxy) is 1. The van der Waals surface area contributed by atoms with Crippen LogP contribution in [0.5, 0.6) is 0 Å². The second-order valence-electron chi connectivity index (χ2n) is 3.07. The maximum Gasteiger partial charge on any atom is 0.340 e. The van der Waals surface area contributed by atoms with Gasteiger partial charge in [-0.05, 0) is 19.9 Å². The van der Waals surface area contributed by atoms with Crippen molar-refractivity contribution < 1.29 is 17.9 Å². The van der Waals surface area contributed by atoms with Crippen LogP contribution < -0.4 is 0 Å². The van der Waals surface area contributed by atoms with E-state index in [0.717, 1.165) is 6.07 Å². The molecule has 0 aliphatic carbocycles. The lowest BCUT2D eigenvalue weighted by Gasteiger charge is -2.07. The van der Waals surface area contributed by atoms with E-state index in [1.54, 1.807) is 6.92 Å². The molecule has 0 unspecified atom stereocenters. The van der Waals surface area contributed by atoms with Gasteiger partial charge in [-0.1, -0.05) is 11.6 Å². The third kappa shape index (κ3) is 3.31. The Balaban J connectivity index is 3.39. The van der Waals surface area contributed by atoms with Crippen molar-refractivity contribution in [3.63, 3.8) is 0 Å². The number of aryl methyl sites for hydroxylation is 1. The molecule has 1 heterocycles. The van der Waals surface area contributed by atoms with Crippen molar-refractivity contribution in [3.8, 4) is 0 Å². The van der Waals surface area contributed by atoms with Gasteiger partial charge < -0.3 is 4.74 Å². The maximum absolute atomic E-state index is 11.5. The minimum absolute atomic E-state index is 0.0236. The predicted molar refractivity (Wildman–Crippen MR) is 63.0 cm³/mol. The van der Waals surface area contributed by atoms with Crippen molar-refractivity contribution >= 4 is 37.3 Å². The minimum atomic E-state index is -4.05. The standard InChI is InChI=1S/C9H9Cl2NO4S/c1-3-16-9(13)6-4-7(17(11,14)15)8(10)12-5(6)2/h4H,3H2,1-2H3. The van der Waals surface area contributed by atoms with Crippen LogP contribution in [0.1, 0.15) is 23.0 Å². The SMILES string of the molecule is CCOC(=O)c1cc(S(=O)(=O)Cl)c(Cl)nc1C. The molecule has 0 aromatic carbocycles. The molecule has 1 aromatic heterocycles. The van der Waals surface area contributed by atoms with E-state index in [1.165, 1.54) is 6.92 Å². The largest absolute Gasteiger partial charge is 0.462 e. The molecule has 17 heavy (non-hydrogen) atoms. The Morgan fingerprint density at radius 2 is 2.12 bits per heavy atom. The van der Waals surface area contributed by atoms with Gasteiger partial charge in [-0.25, -0.2) is 18.2 Å². The second kappa shape index (κ2) is 5.20. The predicted octanol–water partition coefficient (Wildman–Crippen LogP) is 2.15. The lowest BCUT2D eigenvalue weighted by atomic mass is 10.2. The Bertz CT molecular complexity index is 556. The zero-order valence-electron chi connectivity index (χ0n) is 9.03. The molecule has 0 saturated carbocycles. The van der Waals surface area contributed by atoms with E-state index in [1.807, 2.05) is 0 Å². The number of rotatable bonds is 3. The van der Waals surface area contributed by atoms with Crippen LogP contribution in [0.15, 0.2) is 11.0 Å². The van der Waals surface area contributed by atoms with Gasteiger partial charge in [-0.15, -0.1) is 0 Å². The van der Waals surface area contributed by atoms with E-state index in [2.05, 4.69) is 4.98 Å². The van der Waals surface area contributed by atoms with Gasteiger partial charge in [0.05, 0.1) is 17.9 Å². The number of carbonyl (C=O) groups is 1. The maximum atomic E-state index is 11.5. The summed E-state index contributed by atoms with van der Waals surface area (Å²) < 4.78 is 27.1. The molecule has 0 saturated heterocycles. The first kappa shape index (κ1) is 14.2. The van der Waals surface area contributed by atoms with Gasteiger partial charge >= 0.3 is 5.97 Å². The highest BCUT2D eigenvalue weighted by atomic mass is 35.7. The zero-order chi connectivity index (χ0) is 13.2. The average Bonchev–Trinajstić information content (AvgIpc) is 2.15. The quantitative estimate of drug-likeness (QED) is 0.485. The molecule has 0 fully saturated rings. The fourth-order valence-electron chi connectivity index (χ4n) is 1.14. The summed E-state index contributed by atoms with van der Waals surface area (Å²) in [4.78, 5) is 14.8. The van der Waals surface area contributed by atoms with Gasteiger partial charge in [0.1, 0.15) is 10.0 Å². The van der Waals surface area contributed by atoms with Crippen LogP contribution in [0.4, 0.5) is 0 Å². The number of halogens is 2. The average molecular weight is 298 g/mol. The molecule has 0 bridgehead atoms. The lowest BCUT2D eigenvalue weighted by Crippen LogP contribution is -2.10. The van der Waals surface area contributed by atoms with Crippen LogP contribution in [-0.4, -0.2) is 26.0 Å². The molecule has 0 spiro atoms. The summed E-state index contributed by atoms with van der Waals surface area (Å²) in [7, 11) is 1.11. The summed E-state index contributed by atoms with van der Waals surface area (Å²) >= 11 is 5.64.